The smallest absolute Gasteiger partial charge is 0.335 e. The van der Waals surface area contributed by atoms with Gasteiger partial charge in [-0.25, -0.2) is 4.79 Å². The molecule has 1 saturated heterocycles. The highest BCUT2D eigenvalue weighted by Crippen LogP contribution is 2.27. The number of esters is 3. The van der Waals surface area contributed by atoms with Gasteiger partial charge in [-0.2, -0.15) is 0 Å². The molecule has 0 aromatic heterocycles. The number of aliphatic carboxylic acids is 1. The van der Waals surface area contributed by atoms with Gasteiger partial charge in [-0.15, -0.1) is 0 Å². The van der Waals surface area contributed by atoms with Crippen LogP contribution in [0.1, 0.15) is 290 Å². The number of carbonyl (C=O) groups excluding carboxylic acids is 3. The van der Waals surface area contributed by atoms with Crippen molar-refractivity contribution >= 4 is 23.9 Å². The van der Waals surface area contributed by atoms with Crippen LogP contribution in [-0.2, 0) is 42.9 Å². The van der Waals surface area contributed by atoms with Crippen LogP contribution in [0.4, 0.5) is 0 Å². The standard InChI is InChI=1S/C69H118O12/c1-4-7-10-13-16-19-22-25-28-30-31-33-35-37-40-43-46-49-52-55-61(70)77-58-60(79-62(71)56-53-50-47-44-41-39-36-32-29-26-23-20-17-14-11-8-5-2)59-78-69-67(65(74)64(73)66(81-69)68(75)76)80-63(72)57-54-51-48-45-42-38-34-27-24-21-18-15-12-9-6-3/h16-21,25-29,34,60,64-67,69,73-74H,4-15,22-24,30-33,35-59H2,1-3H3,(H,75,76)/b19-16-,20-17-,21-18-,28-25-,29-26-,34-27-. The minimum Gasteiger partial charge on any atom is -0.479 e. The monoisotopic (exact) mass is 1140 g/mol. The van der Waals surface area contributed by atoms with Gasteiger partial charge < -0.3 is 39.0 Å². The summed E-state index contributed by atoms with van der Waals surface area (Å²) in [5, 5.41) is 31.6. The molecule has 6 atom stereocenters. The van der Waals surface area contributed by atoms with Crippen molar-refractivity contribution in [1.29, 1.82) is 0 Å². The molecule has 0 saturated carbocycles. The molecule has 0 aromatic carbocycles. The molecular formula is C69H118O12. The lowest BCUT2D eigenvalue weighted by atomic mass is 9.98. The first-order valence-corrected chi connectivity index (χ1v) is 32.9. The first-order chi connectivity index (χ1) is 39.6. The van der Waals surface area contributed by atoms with Crippen molar-refractivity contribution in [1.82, 2.24) is 0 Å². The van der Waals surface area contributed by atoms with Crippen LogP contribution in [0.5, 0.6) is 0 Å². The average molecular weight is 1140 g/mol. The third-order valence-corrected chi connectivity index (χ3v) is 14.7. The topological polar surface area (TPSA) is 175 Å². The van der Waals surface area contributed by atoms with Crippen LogP contribution in [0.3, 0.4) is 0 Å². The molecule has 1 fully saturated rings. The summed E-state index contributed by atoms with van der Waals surface area (Å²) in [5.41, 5.74) is 0. The Bertz CT molecular complexity index is 1680. The van der Waals surface area contributed by atoms with Crippen LogP contribution >= 0.6 is 0 Å². The van der Waals surface area contributed by atoms with Gasteiger partial charge in [0.2, 0.25) is 0 Å². The highest BCUT2D eigenvalue weighted by Gasteiger charge is 2.50. The van der Waals surface area contributed by atoms with Gasteiger partial charge in [-0.3, -0.25) is 14.4 Å². The first kappa shape index (κ1) is 75.2. The van der Waals surface area contributed by atoms with E-state index in [-0.39, 0.29) is 25.9 Å². The molecule has 0 bridgehead atoms. The number of rotatable bonds is 56. The number of carboxylic acids is 1. The fourth-order valence-corrected chi connectivity index (χ4v) is 9.64. The molecule has 12 nitrogen and oxygen atoms in total. The van der Waals surface area contributed by atoms with Crippen LogP contribution in [0.2, 0.25) is 0 Å². The van der Waals surface area contributed by atoms with Gasteiger partial charge in [0.05, 0.1) is 6.61 Å². The van der Waals surface area contributed by atoms with Gasteiger partial charge in [0.25, 0.3) is 0 Å². The lowest BCUT2D eigenvalue weighted by Gasteiger charge is -2.40. The summed E-state index contributed by atoms with van der Waals surface area (Å²) in [7, 11) is 0. The van der Waals surface area contributed by atoms with Crippen molar-refractivity contribution in [3.05, 3.63) is 72.9 Å². The van der Waals surface area contributed by atoms with E-state index in [1.807, 2.05) is 0 Å². The number of aliphatic hydroxyl groups excluding tert-OH is 2. The molecular weight excluding hydrogens is 1020 g/mol. The van der Waals surface area contributed by atoms with E-state index in [1.54, 1.807) is 0 Å². The third kappa shape index (κ3) is 46.3. The molecule has 0 radical (unpaired) electrons. The van der Waals surface area contributed by atoms with Crippen molar-refractivity contribution in [3.8, 4) is 0 Å². The highest BCUT2D eigenvalue weighted by atomic mass is 16.7. The van der Waals surface area contributed by atoms with Crippen molar-refractivity contribution in [2.75, 3.05) is 13.2 Å². The summed E-state index contributed by atoms with van der Waals surface area (Å²) in [6.07, 6.45) is 59.9. The van der Waals surface area contributed by atoms with E-state index in [1.165, 1.54) is 109 Å². The Labute approximate surface area is 493 Å². The molecule has 6 unspecified atom stereocenters. The van der Waals surface area contributed by atoms with Gasteiger partial charge in [0.15, 0.2) is 24.6 Å². The largest absolute Gasteiger partial charge is 0.479 e. The number of carboxylic acid groups (broad SMARTS) is 1. The normalized spacial score (nSPS) is 18.2. The molecule has 1 aliphatic heterocycles. The lowest BCUT2D eigenvalue weighted by molar-refractivity contribution is -0.301. The lowest BCUT2D eigenvalue weighted by Crippen LogP contribution is -2.61. The number of unbranched alkanes of at least 4 members (excludes halogenated alkanes) is 30. The SMILES string of the molecule is CCCCC/C=C\C/C=C\CCCCCCCCCCCC(=O)OCC(COC1OC(C(=O)O)C(O)C(O)C1OC(=O)CCCCCCC/C=C\C/C=C\CCCCC)OC(=O)CCCCCCCCC/C=C\C/C=C\CCCCC. The quantitative estimate of drug-likeness (QED) is 0.0228. The van der Waals surface area contributed by atoms with E-state index in [0.29, 0.717) is 19.3 Å². The van der Waals surface area contributed by atoms with E-state index < -0.39 is 67.3 Å². The molecule has 0 aromatic rings. The molecule has 3 N–H and O–H groups in total. The molecule has 0 spiro atoms. The molecule has 466 valence electrons. The molecule has 1 heterocycles. The molecule has 12 heteroatoms. The Balaban J connectivity index is 2.67. The number of carbonyl (C=O) groups is 4. The second kappa shape index (κ2) is 56.6. The van der Waals surface area contributed by atoms with Crippen molar-refractivity contribution in [2.24, 2.45) is 0 Å². The van der Waals surface area contributed by atoms with Gasteiger partial charge in [0, 0.05) is 19.3 Å². The van der Waals surface area contributed by atoms with Gasteiger partial charge in [-0.1, -0.05) is 229 Å². The van der Waals surface area contributed by atoms with E-state index in [2.05, 4.69) is 93.7 Å². The van der Waals surface area contributed by atoms with Crippen LogP contribution in [0.15, 0.2) is 72.9 Å². The number of ether oxygens (including phenoxy) is 5. The average Bonchev–Trinajstić information content (AvgIpc) is 3.53. The molecule has 81 heavy (non-hydrogen) atoms. The van der Waals surface area contributed by atoms with Gasteiger partial charge in [0.1, 0.15) is 18.8 Å². The number of aliphatic hydroxyl groups is 2. The summed E-state index contributed by atoms with van der Waals surface area (Å²) in [6.45, 7) is 5.93. The Morgan fingerprint density at radius 1 is 0.407 bits per heavy atom. The number of hydrogen-bond donors (Lipinski definition) is 3. The van der Waals surface area contributed by atoms with E-state index in [4.69, 9.17) is 23.7 Å². The fraction of sp³-hybridized carbons (Fsp3) is 0.768. The highest BCUT2D eigenvalue weighted by molar-refractivity contribution is 5.74. The van der Waals surface area contributed by atoms with Crippen LogP contribution in [0.25, 0.3) is 0 Å². The van der Waals surface area contributed by atoms with E-state index in [0.717, 1.165) is 122 Å². The van der Waals surface area contributed by atoms with Crippen LogP contribution in [0, 0.1) is 0 Å². The van der Waals surface area contributed by atoms with Crippen molar-refractivity contribution in [3.63, 3.8) is 0 Å². The summed E-state index contributed by atoms with van der Waals surface area (Å²) in [4.78, 5) is 51.3. The van der Waals surface area contributed by atoms with E-state index >= 15 is 0 Å². The third-order valence-electron chi connectivity index (χ3n) is 14.7. The summed E-state index contributed by atoms with van der Waals surface area (Å²) in [6, 6.07) is 0. The predicted octanol–water partition coefficient (Wildman–Crippen LogP) is 17.7. The fourth-order valence-electron chi connectivity index (χ4n) is 9.64. The second-order valence-corrected chi connectivity index (χ2v) is 22.4. The zero-order chi connectivity index (χ0) is 58.9. The van der Waals surface area contributed by atoms with Crippen molar-refractivity contribution in [2.45, 2.75) is 327 Å². The van der Waals surface area contributed by atoms with Gasteiger partial charge in [-0.05, 0) is 116 Å². The maximum absolute atomic E-state index is 13.2. The Kier molecular flexibility index (Phi) is 52.6. The zero-order valence-electron chi connectivity index (χ0n) is 51.5. The summed E-state index contributed by atoms with van der Waals surface area (Å²) >= 11 is 0. The van der Waals surface area contributed by atoms with Crippen LogP contribution in [-0.4, -0.2) is 89.2 Å². The molecule has 1 rings (SSSR count). The van der Waals surface area contributed by atoms with E-state index in [9.17, 15) is 34.5 Å². The summed E-state index contributed by atoms with van der Waals surface area (Å²) < 4.78 is 28.5. The van der Waals surface area contributed by atoms with Gasteiger partial charge >= 0.3 is 23.9 Å². The first-order valence-electron chi connectivity index (χ1n) is 32.9. The second-order valence-electron chi connectivity index (χ2n) is 22.4. The Hall–Kier alpha value is -3.84. The minimum absolute atomic E-state index is 0.0422. The maximum Gasteiger partial charge on any atom is 0.335 e. The molecule has 0 aliphatic carbocycles. The number of hydrogen-bond acceptors (Lipinski definition) is 11. The summed E-state index contributed by atoms with van der Waals surface area (Å²) in [5.74, 6) is -3.14. The molecule has 0 amide bonds. The Morgan fingerprint density at radius 2 is 0.741 bits per heavy atom. The predicted molar refractivity (Wildman–Crippen MR) is 331 cm³/mol. The Morgan fingerprint density at radius 3 is 1.11 bits per heavy atom. The zero-order valence-corrected chi connectivity index (χ0v) is 51.5. The van der Waals surface area contributed by atoms with Crippen LogP contribution < -0.4 is 0 Å². The molecule has 1 aliphatic rings. The number of allylic oxidation sites excluding steroid dienone is 12. The van der Waals surface area contributed by atoms with Crippen molar-refractivity contribution < 1.29 is 58.2 Å². The maximum atomic E-state index is 13.2. The minimum atomic E-state index is -1.91.